The van der Waals surface area contributed by atoms with E-state index in [0.29, 0.717) is 16.9 Å². The van der Waals surface area contributed by atoms with Crippen LogP contribution in [0.5, 0.6) is 0 Å². The first-order valence-electron chi connectivity index (χ1n) is 11.1. The van der Waals surface area contributed by atoms with E-state index in [0.717, 1.165) is 31.4 Å². The normalized spacial score (nSPS) is 17.4. The molecule has 0 atom stereocenters. The Labute approximate surface area is 197 Å². The van der Waals surface area contributed by atoms with Crippen LogP contribution in [0.1, 0.15) is 46.5 Å². The fourth-order valence-electron chi connectivity index (χ4n) is 3.92. The molecule has 4 N–H and O–H groups in total. The molecule has 1 aliphatic carbocycles. The van der Waals surface area contributed by atoms with Crippen molar-refractivity contribution in [2.24, 2.45) is 0 Å². The van der Waals surface area contributed by atoms with Gasteiger partial charge in [-0.3, -0.25) is 19.5 Å². The number of aromatic amines is 1. The number of benzene rings is 1. The molecule has 0 saturated heterocycles. The van der Waals surface area contributed by atoms with Gasteiger partial charge in [0.1, 0.15) is 5.69 Å². The van der Waals surface area contributed by atoms with Crippen molar-refractivity contribution >= 4 is 23.4 Å². The van der Waals surface area contributed by atoms with Gasteiger partial charge in [0.2, 0.25) is 5.91 Å². The maximum atomic E-state index is 12.6. The highest BCUT2D eigenvalue weighted by Crippen LogP contribution is 2.20. The number of pyridine rings is 1. The second kappa shape index (κ2) is 10.6. The Kier molecular flexibility index (Phi) is 7.12. The summed E-state index contributed by atoms with van der Waals surface area (Å²) in [7, 11) is 0. The van der Waals surface area contributed by atoms with Crippen molar-refractivity contribution in [1.82, 2.24) is 25.8 Å². The summed E-state index contributed by atoms with van der Waals surface area (Å²) >= 11 is 0. The summed E-state index contributed by atoms with van der Waals surface area (Å²) in [5.41, 5.74) is 2.69. The van der Waals surface area contributed by atoms with Crippen molar-refractivity contribution in [3.05, 3.63) is 78.6 Å². The number of carbonyl (C=O) groups is 3. The Morgan fingerprint density at radius 2 is 1.62 bits per heavy atom. The molecule has 0 bridgehead atoms. The molecule has 3 aromatic rings. The molecule has 2 heterocycles. The third-order valence-corrected chi connectivity index (χ3v) is 5.76. The van der Waals surface area contributed by atoms with Gasteiger partial charge in [-0.1, -0.05) is 12.6 Å². The summed E-state index contributed by atoms with van der Waals surface area (Å²) in [5.74, 6) is -0.676. The van der Waals surface area contributed by atoms with Crippen molar-refractivity contribution in [2.75, 3.05) is 5.32 Å². The van der Waals surface area contributed by atoms with Gasteiger partial charge in [-0.05, 0) is 74.2 Å². The summed E-state index contributed by atoms with van der Waals surface area (Å²) in [5, 5.41) is 15.5. The summed E-state index contributed by atoms with van der Waals surface area (Å²) in [4.78, 5) is 41.0. The van der Waals surface area contributed by atoms with Crippen LogP contribution in [0.2, 0.25) is 0 Å². The number of hydrogen-bond donors (Lipinski definition) is 4. The van der Waals surface area contributed by atoms with Gasteiger partial charge in [-0.25, -0.2) is 4.98 Å². The number of nitrogens with one attached hydrogen (secondary N) is 4. The lowest BCUT2D eigenvalue weighted by Crippen LogP contribution is -2.43. The van der Waals surface area contributed by atoms with E-state index in [1.807, 2.05) is 0 Å². The number of nitrogens with zero attached hydrogens (tertiary/aromatic N) is 2. The second-order valence-corrected chi connectivity index (χ2v) is 8.14. The zero-order valence-electron chi connectivity index (χ0n) is 18.6. The molecular formula is C25H26N6O3. The van der Waals surface area contributed by atoms with Crippen LogP contribution < -0.4 is 16.0 Å². The van der Waals surface area contributed by atoms with Crippen LogP contribution in [-0.2, 0) is 4.79 Å². The van der Waals surface area contributed by atoms with E-state index in [2.05, 4.69) is 37.7 Å². The van der Waals surface area contributed by atoms with Crippen molar-refractivity contribution < 1.29 is 14.4 Å². The van der Waals surface area contributed by atoms with Crippen molar-refractivity contribution in [3.63, 3.8) is 0 Å². The first-order chi connectivity index (χ1) is 16.5. The predicted molar refractivity (Wildman–Crippen MR) is 128 cm³/mol. The van der Waals surface area contributed by atoms with Crippen molar-refractivity contribution in [3.8, 4) is 11.4 Å². The predicted octanol–water partition coefficient (Wildman–Crippen LogP) is 3.07. The Hall–Kier alpha value is -4.27. The van der Waals surface area contributed by atoms with Crippen molar-refractivity contribution in [1.29, 1.82) is 0 Å². The average Bonchev–Trinajstić information content (AvgIpc) is 3.41. The highest BCUT2D eigenvalue weighted by molar-refractivity contribution is 6.03. The van der Waals surface area contributed by atoms with E-state index in [9.17, 15) is 14.4 Å². The molecule has 0 unspecified atom stereocenters. The summed E-state index contributed by atoms with van der Waals surface area (Å²) in [6.07, 6.45) is 6.11. The van der Waals surface area contributed by atoms with E-state index < -0.39 is 0 Å². The third kappa shape index (κ3) is 5.74. The van der Waals surface area contributed by atoms with Crippen LogP contribution in [0, 0.1) is 0 Å². The zero-order chi connectivity index (χ0) is 23.9. The maximum absolute atomic E-state index is 12.6. The quantitative estimate of drug-likeness (QED) is 0.405. The van der Waals surface area contributed by atoms with E-state index in [1.165, 1.54) is 6.08 Å². The second-order valence-electron chi connectivity index (χ2n) is 8.14. The Morgan fingerprint density at radius 1 is 0.912 bits per heavy atom. The summed E-state index contributed by atoms with van der Waals surface area (Å²) in [6, 6.07) is 13.9. The number of H-pyrrole nitrogens is 1. The Bertz CT molecular complexity index is 1170. The first kappa shape index (κ1) is 22.9. The van der Waals surface area contributed by atoms with Gasteiger partial charge in [-0.15, -0.1) is 0 Å². The average molecular weight is 459 g/mol. The molecule has 9 nitrogen and oxygen atoms in total. The smallest absolute Gasteiger partial charge is 0.274 e. The van der Waals surface area contributed by atoms with E-state index in [1.54, 1.807) is 54.7 Å². The van der Waals surface area contributed by atoms with Crippen LogP contribution in [0.3, 0.4) is 0 Å². The summed E-state index contributed by atoms with van der Waals surface area (Å²) < 4.78 is 0. The molecule has 4 rings (SSSR count). The fraction of sp³-hybridized carbons (Fsp3) is 0.240. The number of aromatic nitrogens is 3. The van der Waals surface area contributed by atoms with Crippen molar-refractivity contribution in [2.45, 2.75) is 37.8 Å². The monoisotopic (exact) mass is 458 g/mol. The molecule has 34 heavy (non-hydrogen) atoms. The zero-order valence-corrected chi connectivity index (χ0v) is 18.6. The number of anilines is 1. The molecular weight excluding hydrogens is 432 g/mol. The lowest BCUT2D eigenvalue weighted by Gasteiger charge is -2.29. The van der Waals surface area contributed by atoms with Gasteiger partial charge in [0, 0.05) is 29.5 Å². The molecule has 3 amide bonds. The van der Waals surface area contributed by atoms with Crippen LogP contribution in [-0.4, -0.2) is 45.0 Å². The molecule has 1 aromatic carbocycles. The highest BCUT2D eigenvalue weighted by atomic mass is 16.2. The van der Waals surface area contributed by atoms with Gasteiger partial charge in [0.05, 0.1) is 11.4 Å². The lowest BCUT2D eigenvalue weighted by molar-refractivity contribution is -0.117. The standard InChI is InChI=1S/C25H26N6O3/c1-2-23(32)27-17-10-12-19(13-11-17)28-24(33)16-6-8-18(9-7-16)29-25(34)22-5-3-4-20(30-22)21-14-15-26-31-21/h2-9,14-15,17,19H,1,10-13H2,(H,26,31)(H,27,32)(H,28,33)(H,29,34)/t17-,19-. The first-order valence-corrected chi connectivity index (χ1v) is 11.1. The molecule has 9 heteroatoms. The molecule has 0 aliphatic heterocycles. The SMILES string of the molecule is C=CC(=O)N[C@H]1CC[C@H](NC(=O)c2ccc(NC(=O)c3cccc(-c4ccn[nH]4)n3)cc2)CC1. The molecule has 2 aromatic heterocycles. The van der Waals surface area contributed by atoms with E-state index in [-0.39, 0.29) is 35.5 Å². The van der Waals surface area contributed by atoms with Gasteiger partial charge >= 0.3 is 0 Å². The third-order valence-electron chi connectivity index (χ3n) is 5.76. The van der Waals surface area contributed by atoms with E-state index >= 15 is 0 Å². The van der Waals surface area contributed by atoms with Gasteiger partial charge < -0.3 is 16.0 Å². The van der Waals surface area contributed by atoms with Crippen LogP contribution >= 0.6 is 0 Å². The van der Waals surface area contributed by atoms with Gasteiger partial charge in [0.25, 0.3) is 11.8 Å². The molecule has 1 fully saturated rings. The largest absolute Gasteiger partial charge is 0.350 e. The Morgan fingerprint density at radius 3 is 2.26 bits per heavy atom. The molecule has 0 radical (unpaired) electrons. The molecule has 174 valence electrons. The number of carbonyl (C=O) groups excluding carboxylic acids is 3. The number of rotatable bonds is 7. The van der Waals surface area contributed by atoms with Gasteiger partial charge in [0.15, 0.2) is 0 Å². The molecule has 1 saturated carbocycles. The van der Waals surface area contributed by atoms with Crippen LogP contribution in [0.15, 0.2) is 67.4 Å². The minimum absolute atomic E-state index is 0.0667. The van der Waals surface area contributed by atoms with E-state index in [4.69, 9.17) is 0 Å². The minimum atomic E-state index is -0.348. The fourth-order valence-corrected chi connectivity index (χ4v) is 3.92. The minimum Gasteiger partial charge on any atom is -0.350 e. The topological polar surface area (TPSA) is 129 Å². The number of amides is 3. The highest BCUT2D eigenvalue weighted by Gasteiger charge is 2.23. The summed E-state index contributed by atoms with van der Waals surface area (Å²) in [6.45, 7) is 3.47. The van der Waals surface area contributed by atoms with Gasteiger partial charge in [-0.2, -0.15) is 5.10 Å². The Balaban J connectivity index is 1.30. The molecule has 1 aliphatic rings. The van der Waals surface area contributed by atoms with Crippen LogP contribution in [0.25, 0.3) is 11.4 Å². The van der Waals surface area contributed by atoms with Crippen LogP contribution in [0.4, 0.5) is 5.69 Å². The lowest BCUT2D eigenvalue weighted by atomic mass is 9.91. The molecule has 0 spiro atoms. The number of hydrogen-bond acceptors (Lipinski definition) is 5. The maximum Gasteiger partial charge on any atom is 0.274 e.